The Labute approximate surface area is 223 Å². The van der Waals surface area contributed by atoms with Gasteiger partial charge in [0.1, 0.15) is 5.52 Å². The van der Waals surface area contributed by atoms with E-state index in [1.54, 1.807) is 37.3 Å². The number of nitrogens with zero attached hydrogens (tertiary/aromatic N) is 4. The van der Waals surface area contributed by atoms with Crippen LogP contribution in [0.5, 0.6) is 0 Å². The fourth-order valence-corrected chi connectivity index (χ4v) is 4.58. The molecule has 2 aromatic heterocycles. The molecular weight excluding hydrogens is 504 g/mol. The zero-order valence-corrected chi connectivity index (χ0v) is 21.5. The lowest BCUT2D eigenvalue weighted by Gasteiger charge is -2.34. The molecule has 1 aliphatic rings. The van der Waals surface area contributed by atoms with E-state index in [0.717, 1.165) is 19.2 Å². The molecule has 3 heterocycles. The zero-order chi connectivity index (χ0) is 27.7. The van der Waals surface area contributed by atoms with Crippen LogP contribution in [-0.2, 0) is 4.79 Å². The number of piperazine rings is 1. The topological polar surface area (TPSA) is 106 Å². The minimum absolute atomic E-state index is 0.0250. The second-order valence-corrected chi connectivity index (χ2v) is 9.36. The molecule has 0 spiro atoms. The molecule has 39 heavy (non-hydrogen) atoms. The number of nitrogens with one attached hydrogen (secondary N) is 3. The smallest absolute Gasteiger partial charge is 0.252 e. The number of likely N-dealkylation sites (N-methyl/N-ethyl adjacent to an activating group) is 1. The Kier molecular flexibility index (Phi) is 7.07. The first-order chi connectivity index (χ1) is 18.7. The number of carbonyl (C=O) groups is 1. The Morgan fingerprint density at radius 3 is 2.64 bits per heavy atom. The van der Waals surface area contributed by atoms with E-state index in [2.05, 4.69) is 37.1 Å². The van der Waals surface area contributed by atoms with Crippen molar-refractivity contribution in [2.45, 2.75) is 6.92 Å². The predicted molar refractivity (Wildman–Crippen MR) is 149 cm³/mol. The van der Waals surface area contributed by atoms with Gasteiger partial charge in [-0.3, -0.25) is 9.59 Å². The fourth-order valence-electron chi connectivity index (χ4n) is 4.58. The molecule has 9 nitrogen and oxygen atoms in total. The van der Waals surface area contributed by atoms with Crippen LogP contribution in [0.3, 0.4) is 0 Å². The Balaban J connectivity index is 1.52. The van der Waals surface area contributed by atoms with Crippen LogP contribution in [0, 0.1) is 18.6 Å². The zero-order valence-electron chi connectivity index (χ0n) is 21.5. The van der Waals surface area contributed by atoms with Crippen LogP contribution in [0.1, 0.15) is 5.56 Å². The van der Waals surface area contributed by atoms with Crippen molar-refractivity contribution in [1.82, 2.24) is 19.9 Å². The fraction of sp³-hybridized carbons (Fsp3) is 0.214. The number of anilines is 4. The summed E-state index contributed by atoms with van der Waals surface area (Å²) < 4.78 is 30.2. The van der Waals surface area contributed by atoms with Gasteiger partial charge in [0.2, 0.25) is 11.9 Å². The van der Waals surface area contributed by atoms with Gasteiger partial charge in [0.15, 0.2) is 11.6 Å². The van der Waals surface area contributed by atoms with Crippen molar-refractivity contribution in [3.05, 3.63) is 82.8 Å². The van der Waals surface area contributed by atoms with Gasteiger partial charge in [-0.05, 0) is 49.9 Å². The number of H-pyrrole nitrogens is 1. The first-order valence-electron chi connectivity index (χ1n) is 12.4. The summed E-state index contributed by atoms with van der Waals surface area (Å²) in [5, 5.41) is 5.47. The lowest BCUT2D eigenvalue weighted by molar-refractivity contribution is -0.111. The van der Waals surface area contributed by atoms with Crippen molar-refractivity contribution in [2.75, 3.05) is 48.8 Å². The third-order valence-electron chi connectivity index (χ3n) is 6.75. The summed E-state index contributed by atoms with van der Waals surface area (Å²) in [5.41, 5.74) is 2.59. The summed E-state index contributed by atoms with van der Waals surface area (Å²) in [5.74, 6) is -2.32. The minimum Gasteiger partial charge on any atom is -0.367 e. The van der Waals surface area contributed by atoms with E-state index < -0.39 is 11.6 Å². The van der Waals surface area contributed by atoms with Gasteiger partial charge < -0.3 is 25.4 Å². The second kappa shape index (κ2) is 10.6. The summed E-state index contributed by atoms with van der Waals surface area (Å²) in [6.45, 7) is 7.85. The number of halogens is 2. The number of aromatic amines is 1. The summed E-state index contributed by atoms with van der Waals surface area (Å²) in [7, 11) is 1.99. The number of amides is 1. The number of hydrogen-bond acceptors (Lipinski definition) is 7. The summed E-state index contributed by atoms with van der Waals surface area (Å²) in [6, 6.07) is 9.95. The van der Waals surface area contributed by atoms with Crippen LogP contribution in [-0.4, -0.2) is 59.0 Å². The molecule has 0 unspecified atom stereocenters. The molecule has 0 radical (unpaired) electrons. The van der Waals surface area contributed by atoms with Crippen LogP contribution in [0.25, 0.3) is 22.2 Å². The first kappa shape index (κ1) is 26.0. The molecule has 0 aliphatic carbocycles. The number of pyridine rings is 1. The van der Waals surface area contributed by atoms with Crippen molar-refractivity contribution < 1.29 is 13.6 Å². The van der Waals surface area contributed by atoms with Crippen LogP contribution in [0.15, 0.2) is 60.0 Å². The van der Waals surface area contributed by atoms with Crippen LogP contribution in [0.2, 0.25) is 0 Å². The highest BCUT2D eigenvalue weighted by Gasteiger charge is 2.22. The minimum atomic E-state index is -1.03. The van der Waals surface area contributed by atoms with E-state index in [1.165, 1.54) is 12.3 Å². The molecular formula is C28H27F2N7O2. The molecule has 5 rings (SSSR count). The molecule has 11 heteroatoms. The Morgan fingerprint density at radius 2 is 1.90 bits per heavy atom. The second-order valence-electron chi connectivity index (χ2n) is 9.36. The molecule has 1 fully saturated rings. The Hall–Kier alpha value is -4.64. The molecule has 1 aliphatic heterocycles. The van der Waals surface area contributed by atoms with Gasteiger partial charge in [-0.15, -0.1) is 0 Å². The van der Waals surface area contributed by atoms with Crippen LogP contribution < -0.4 is 21.1 Å². The number of rotatable bonds is 6. The molecule has 0 atom stereocenters. The molecule has 3 N–H and O–H groups in total. The van der Waals surface area contributed by atoms with E-state index in [4.69, 9.17) is 0 Å². The average Bonchev–Trinajstić information content (AvgIpc) is 2.93. The van der Waals surface area contributed by atoms with Crippen LogP contribution in [0.4, 0.5) is 31.8 Å². The largest absolute Gasteiger partial charge is 0.367 e. The summed E-state index contributed by atoms with van der Waals surface area (Å²) in [6.07, 6.45) is 2.57. The van der Waals surface area contributed by atoms with Crippen molar-refractivity contribution in [2.24, 2.45) is 0 Å². The van der Waals surface area contributed by atoms with E-state index in [1.807, 2.05) is 11.9 Å². The molecule has 4 aromatic rings. The average molecular weight is 532 g/mol. The van der Waals surface area contributed by atoms with Gasteiger partial charge in [0.25, 0.3) is 5.56 Å². The molecule has 2 aromatic carbocycles. The molecule has 0 saturated carbocycles. The first-order valence-corrected chi connectivity index (χ1v) is 12.4. The van der Waals surface area contributed by atoms with Gasteiger partial charge in [-0.25, -0.2) is 18.7 Å². The number of benzene rings is 2. The van der Waals surface area contributed by atoms with Gasteiger partial charge in [0, 0.05) is 43.0 Å². The highest BCUT2D eigenvalue weighted by atomic mass is 19.2. The lowest BCUT2D eigenvalue weighted by atomic mass is 10.00. The summed E-state index contributed by atoms with van der Waals surface area (Å²) >= 11 is 0. The standard InChI is InChI=1S/C28H27F2N7O2/c1-4-22(38)32-18-7-5-6-17(14-18)23-16(2)27(39)33-20-15-31-28(35-26(20)23)34-19-8-9-21(25(30)24(19)29)37-12-10-36(3)11-13-37/h4-9,14-15H,1,10-13H2,2-3H3,(H,32,38)(H,33,39)(H,31,34,35). The highest BCUT2D eigenvalue weighted by molar-refractivity contribution is 6.00. The van der Waals surface area contributed by atoms with Crippen LogP contribution >= 0.6 is 0 Å². The molecule has 1 saturated heterocycles. The monoisotopic (exact) mass is 531 g/mol. The maximum Gasteiger partial charge on any atom is 0.252 e. The summed E-state index contributed by atoms with van der Waals surface area (Å²) in [4.78, 5) is 39.9. The third-order valence-corrected chi connectivity index (χ3v) is 6.75. The maximum atomic E-state index is 15.1. The normalized spacial score (nSPS) is 13.9. The van der Waals surface area contributed by atoms with Crippen molar-refractivity contribution in [3.8, 4) is 11.1 Å². The van der Waals surface area contributed by atoms with Crippen molar-refractivity contribution in [1.29, 1.82) is 0 Å². The maximum absolute atomic E-state index is 15.1. The SMILES string of the molecule is C=CC(=O)Nc1cccc(-c2c(C)c(=O)[nH]c3cnc(Nc4ccc(N5CCN(C)CC5)c(F)c4F)nc23)c1. The van der Waals surface area contributed by atoms with E-state index >= 15 is 8.78 Å². The number of hydrogen-bond donors (Lipinski definition) is 3. The number of fused-ring (bicyclic) bond motifs is 1. The van der Waals surface area contributed by atoms with E-state index in [-0.39, 0.29) is 28.8 Å². The predicted octanol–water partition coefficient (Wildman–Crippen LogP) is 4.19. The third kappa shape index (κ3) is 5.21. The lowest BCUT2D eigenvalue weighted by Crippen LogP contribution is -2.44. The molecule has 200 valence electrons. The molecule has 1 amide bonds. The Bertz CT molecular complexity index is 1650. The Morgan fingerprint density at radius 1 is 1.13 bits per heavy atom. The highest BCUT2D eigenvalue weighted by Crippen LogP contribution is 2.32. The quantitative estimate of drug-likeness (QED) is 0.321. The van der Waals surface area contributed by atoms with Gasteiger partial charge in [-0.2, -0.15) is 0 Å². The number of carbonyl (C=O) groups excluding carboxylic acids is 1. The van der Waals surface area contributed by atoms with Crippen molar-refractivity contribution >= 4 is 40.0 Å². The van der Waals surface area contributed by atoms with E-state index in [9.17, 15) is 9.59 Å². The van der Waals surface area contributed by atoms with Crippen molar-refractivity contribution in [3.63, 3.8) is 0 Å². The number of aromatic nitrogens is 3. The van der Waals surface area contributed by atoms with Gasteiger partial charge in [-0.1, -0.05) is 18.7 Å². The van der Waals surface area contributed by atoms with Gasteiger partial charge >= 0.3 is 0 Å². The van der Waals surface area contributed by atoms with Gasteiger partial charge in [0.05, 0.1) is 23.1 Å². The van der Waals surface area contributed by atoms with E-state index in [0.29, 0.717) is 46.5 Å². The molecule has 0 bridgehead atoms.